The van der Waals surface area contributed by atoms with E-state index in [2.05, 4.69) is 52.0 Å². The largest absolute Gasteiger partial charge is 0.327 e. The summed E-state index contributed by atoms with van der Waals surface area (Å²) >= 11 is 0. The summed E-state index contributed by atoms with van der Waals surface area (Å²) in [4.78, 5) is 0. The van der Waals surface area contributed by atoms with Crippen LogP contribution in [0.5, 0.6) is 0 Å². The van der Waals surface area contributed by atoms with E-state index in [0.29, 0.717) is 11.8 Å². The van der Waals surface area contributed by atoms with Gasteiger partial charge in [0.15, 0.2) is 0 Å². The topological polar surface area (TPSA) is 26.0 Å². The number of rotatable bonds is 6. The molecule has 0 radical (unpaired) electrons. The van der Waals surface area contributed by atoms with Gasteiger partial charge in [0.25, 0.3) is 0 Å². The Labute approximate surface area is 107 Å². The van der Waals surface area contributed by atoms with Gasteiger partial charge in [-0.1, -0.05) is 71.3 Å². The average Bonchev–Trinajstić information content (AvgIpc) is 2.38. The lowest BCUT2D eigenvalue weighted by Crippen LogP contribution is -2.48. The van der Waals surface area contributed by atoms with Gasteiger partial charge in [0.05, 0.1) is 0 Å². The Balaban J connectivity index is 2.93. The molecule has 1 aliphatic rings. The van der Waals surface area contributed by atoms with Gasteiger partial charge in [0.2, 0.25) is 0 Å². The molecule has 0 aromatic heterocycles. The summed E-state index contributed by atoms with van der Waals surface area (Å²) in [5.74, 6) is 1.25. The Morgan fingerprint density at radius 2 is 1.94 bits per heavy atom. The predicted molar refractivity (Wildman–Crippen MR) is 76.8 cm³/mol. The van der Waals surface area contributed by atoms with Crippen molar-refractivity contribution in [2.75, 3.05) is 0 Å². The van der Waals surface area contributed by atoms with Gasteiger partial charge in [-0.2, -0.15) is 0 Å². The zero-order valence-corrected chi connectivity index (χ0v) is 11.9. The quantitative estimate of drug-likeness (QED) is 0.730. The Bertz CT molecular complexity index is 279. The number of hydrogen-bond donors (Lipinski definition) is 1. The summed E-state index contributed by atoms with van der Waals surface area (Å²) < 4.78 is 0. The van der Waals surface area contributed by atoms with Crippen LogP contribution in [0.2, 0.25) is 0 Å². The summed E-state index contributed by atoms with van der Waals surface area (Å²) in [7, 11) is 0. The highest BCUT2D eigenvalue weighted by Crippen LogP contribution is 2.43. The van der Waals surface area contributed by atoms with Crippen LogP contribution in [0, 0.1) is 17.3 Å². The highest BCUT2D eigenvalue weighted by Gasteiger charge is 2.40. The van der Waals surface area contributed by atoms with E-state index in [1.54, 1.807) is 0 Å². The van der Waals surface area contributed by atoms with Crippen LogP contribution in [-0.2, 0) is 0 Å². The van der Waals surface area contributed by atoms with E-state index in [1.807, 2.05) is 0 Å². The Morgan fingerprint density at radius 3 is 2.41 bits per heavy atom. The second-order valence-electron chi connectivity index (χ2n) is 5.70. The zero-order chi connectivity index (χ0) is 12.9. The summed E-state index contributed by atoms with van der Waals surface area (Å²) in [6.07, 6.45) is 13.8. The van der Waals surface area contributed by atoms with Gasteiger partial charge in [0.1, 0.15) is 0 Å². The zero-order valence-electron chi connectivity index (χ0n) is 11.9. The summed E-state index contributed by atoms with van der Waals surface area (Å²) in [6, 6.07) is 0.273. The van der Waals surface area contributed by atoms with Crippen molar-refractivity contribution in [1.82, 2.24) is 0 Å². The lowest BCUT2D eigenvalue weighted by atomic mass is 9.62. The molecule has 0 heterocycles. The van der Waals surface area contributed by atoms with E-state index in [0.717, 1.165) is 6.42 Å². The van der Waals surface area contributed by atoms with Gasteiger partial charge in [-0.25, -0.2) is 0 Å². The molecule has 0 saturated carbocycles. The van der Waals surface area contributed by atoms with Crippen LogP contribution in [0.3, 0.4) is 0 Å². The van der Waals surface area contributed by atoms with E-state index in [4.69, 9.17) is 5.73 Å². The van der Waals surface area contributed by atoms with E-state index in [1.165, 1.54) is 19.3 Å². The Hall–Kier alpha value is -0.560. The molecule has 17 heavy (non-hydrogen) atoms. The van der Waals surface area contributed by atoms with Crippen molar-refractivity contribution in [3.63, 3.8) is 0 Å². The molecule has 0 saturated heterocycles. The van der Waals surface area contributed by atoms with Gasteiger partial charge in [-0.15, -0.1) is 0 Å². The lowest BCUT2D eigenvalue weighted by Gasteiger charge is -2.44. The van der Waals surface area contributed by atoms with Crippen LogP contribution in [0.1, 0.15) is 53.4 Å². The van der Waals surface area contributed by atoms with Crippen LogP contribution >= 0.6 is 0 Å². The SMILES string of the molecule is CCCC(C)C1(C(N)C(C)CC)C=CC=CC1. The molecular formula is C16H29N. The summed E-state index contributed by atoms with van der Waals surface area (Å²) in [5, 5.41) is 0. The van der Waals surface area contributed by atoms with Gasteiger partial charge in [0, 0.05) is 11.5 Å². The first-order valence-corrected chi connectivity index (χ1v) is 7.18. The molecule has 1 rings (SSSR count). The highest BCUT2D eigenvalue weighted by molar-refractivity contribution is 5.20. The average molecular weight is 235 g/mol. The minimum Gasteiger partial charge on any atom is -0.327 e. The lowest BCUT2D eigenvalue weighted by molar-refractivity contribution is 0.145. The smallest absolute Gasteiger partial charge is 0.0162 e. The molecule has 1 aliphatic carbocycles. The second kappa shape index (κ2) is 6.39. The minimum atomic E-state index is 0.181. The predicted octanol–water partition coefficient (Wildman–Crippen LogP) is 4.30. The molecule has 98 valence electrons. The van der Waals surface area contributed by atoms with E-state index >= 15 is 0 Å². The third-order valence-electron chi connectivity index (χ3n) is 4.64. The third-order valence-corrected chi connectivity index (χ3v) is 4.64. The maximum absolute atomic E-state index is 6.58. The fourth-order valence-electron chi connectivity index (χ4n) is 3.08. The van der Waals surface area contributed by atoms with Crippen LogP contribution < -0.4 is 5.73 Å². The van der Waals surface area contributed by atoms with Gasteiger partial charge < -0.3 is 5.73 Å². The van der Waals surface area contributed by atoms with Gasteiger partial charge in [-0.3, -0.25) is 0 Å². The molecule has 4 unspecified atom stereocenters. The Kier molecular flexibility index (Phi) is 5.45. The fourth-order valence-corrected chi connectivity index (χ4v) is 3.08. The van der Waals surface area contributed by atoms with Crippen molar-refractivity contribution < 1.29 is 0 Å². The van der Waals surface area contributed by atoms with Crippen molar-refractivity contribution in [2.45, 2.75) is 59.4 Å². The number of allylic oxidation sites excluding steroid dienone is 3. The first-order valence-electron chi connectivity index (χ1n) is 7.18. The molecule has 0 amide bonds. The second-order valence-corrected chi connectivity index (χ2v) is 5.70. The summed E-state index contributed by atoms with van der Waals surface area (Å²) in [6.45, 7) is 9.17. The monoisotopic (exact) mass is 235 g/mol. The molecule has 0 aromatic carbocycles. The van der Waals surface area contributed by atoms with Crippen LogP contribution in [0.15, 0.2) is 24.3 Å². The molecule has 0 aromatic rings. The van der Waals surface area contributed by atoms with Crippen LogP contribution in [0.4, 0.5) is 0 Å². The number of nitrogens with two attached hydrogens (primary N) is 1. The maximum Gasteiger partial charge on any atom is 0.0162 e. The third kappa shape index (κ3) is 3.01. The van der Waals surface area contributed by atoms with Crippen molar-refractivity contribution in [3.05, 3.63) is 24.3 Å². The van der Waals surface area contributed by atoms with Crippen LogP contribution in [0.25, 0.3) is 0 Å². The first-order chi connectivity index (χ1) is 8.08. The normalized spacial score (nSPS) is 29.0. The molecular weight excluding hydrogens is 206 g/mol. The van der Waals surface area contributed by atoms with E-state index in [-0.39, 0.29) is 11.5 Å². The van der Waals surface area contributed by atoms with Crippen molar-refractivity contribution >= 4 is 0 Å². The summed E-state index contributed by atoms with van der Waals surface area (Å²) in [5.41, 5.74) is 6.76. The first kappa shape index (κ1) is 14.5. The van der Waals surface area contributed by atoms with Crippen molar-refractivity contribution in [3.8, 4) is 0 Å². The molecule has 0 bridgehead atoms. The molecule has 1 nitrogen and oxygen atoms in total. The molecule has 2 N–H and O–H groups in total. The van der Waals surface area contributed by atoms with E-state index < -0.39 is 0 Å². The van der Waals surface area contributed by atoms with Crippen LogP contribution in [-0.4, -0.2) is 6.04 Å². The molecule has 4 atom stereocenters. The fraction of sp³-hybridized carbons (Fsp3) is 0.750. The highest BCUT2D eigenvalue weighted by atomic mass is 14.7. The van der Waals surface area contributed by atoms with Gasteiger partial charge in [-0.05, 0) is 18.3 Å². The van der Waals surface area contributed by atoms with E-state index in [9.17, 15) is 0 Å². The Morgan fingerprint density at radius 1 is 1.24 bits per heavy atom. The molecule has 0 spiro atoms. The molecule has 1 heteroatoms. The van der Waals surface area contributed by atoms with Crippen molar-refractivity contribution in [1.29, 1.82) is 0 Å². The van der Waals surface area contributed by atoms with Gasteiger partial charge >= 0.3 is 0 Å². The standard InChI is InChI=1S/C16H29N/c1-5-10-14(4)16(11-8-7-9-12-16)15(17)13(3)6-2/h7-9,11,13-15H,5-6,10,12,17H2,1-4H3. The molecule has 0 aliphatic heterocycles. The minimum absolute atomic E-state index is 0.181. The number of hydrogen-bond acceptors (Lipinski definition) is 1. The maximum atomic E-state index is 6.58. The molecule has 0 fully saturated rings. The van der Waals surface area contributed by atoms with Crippen molar-refractivity contribution in [2.24, 2.45) is 23.0 Å².